The molecule has 0 bridgehead atoms. The van der Waals surface area contributed by atoms with Crippen LogP contribution in [0.4, 0.5) is 18.0 Å². The molecule has 0 aromatic heterocycles. The first kappa shape index (κ1) is 11.1. The van der Waals surface area contributed by atoms with Crippen LogP contribution < -0.4 is 0 Å². The number of rotatable bonds is 2. The Labute approximate surface area is 67.8 Å². The summed E-state index contributed by atoms with van der Waals surface area (Å²) in [4.78, 5) is 10.6. The largest absolute Gasteiger partial charge is 0.465 e. The van der Waals surface area contributed by atoms with Crippen LogP contribution in [0.3, 0.4) is 0 Å². The van der Waals surface area contributed by atoms with Crippen LogP contribution >= 0.6 is 0 Å². The summed E-state index contributed by atoms with van der Waals surface area (Å²) >= 11 is 0. The van der Waals surface area contributed by atoms with Crippen LogP contribution in [-0.2, 0) is 0 Å². The maximum absolute atomic E-state index is 11.7. The maximum atomic E-state index is 11.7. The highest BCUT2D eigenvalue weighted by Crippen LogP contribution is 2.17. The van der Waals surface area contributed by atoms with E-state index in [4.69, 9.17) is 5.11 Å². The minimum absolute atomic E-state index is 0.333. The van der Waals surface area contributed by atoms with Crippen molar-refractivity contribution in [3.8, 4) is 0 Å². The zero-order valence-corrected chi connectivity index (χ0v) is 6.72. The smallest absolute Gasteiger partial charge is 0.407 e. The van der Waals surface area contributed by atoms with Crippen LogP contribution in [0.1, 0.15) is 13.8 Å². The van der Waals surface area contributed by atoms with E-state index in [0.29, 0.717) is 4.90 Å². The van der Waals surface area contributed by atoms with Gasteiger partial charge in [-0.25, -0.2) is 4.79 Å². The van der Waals surface area contributed by atoms with Crippen molar-refractivity contribution in [3.05, 3.63) is 0 Å². The summed E-state index contributed by atoms with van der Waals surface area (Å²) in [5.41, 5.74) is 0. The highest BCUT2D eigenvalue weighted by molar-refractivity contribution is 5.65. The molecule has 0 spiro atoms. The molecular formula is C6H10F3NO2. The molecule has 0 heterocycles. The standard InChI is InChI=1S/C6H10F3NO2/c1-4(2)10(5(11)12)3-6(7,8)9/h4H,3H2,1-2H3,(H,11,12). The van der Waals surface area contributed by atoms with Gasteiger partial charge in [-0.05, 0) is 13.8 Å². The molecule has 0 atom stereocenters. The van der Waals surface area contributed by atoms with Gasteiger partial charge in [0.2, 0.25) is 0 Å². The van der Waals surface area contributed by atoms with E-state index in [2.05, 4.69) is 0 Å². The van der Waals surface area contributed by atoms with E-state index in [1.54, 1.807) is 0 Å². The van der Waals surface area contributed by atoms with Crippen LogP contribution in [0, 0.1) is 0 Å². The molecule has 72 valence electrons. The van der Waals surface area contributed by atoms with Crippen molar-refractivity contribution in [2.24, 2.45) is 0 Å². The van der Waals surface area contributed by atoms with E-state index >= 15 is 0 Å². The number of hydrogen-bond acceptors (Lipinski definition) is 1. The van der Waals surface area contributed by atoms with Gasteiger partial charge in [-0.15, -0.1) is 0 Å². The lowest BCUT2D eigenvalue weighted by molar-refractivity contribution is -0.144. The molecule has 0 saturated carbocycles. The highest BCUT2D eigenvalue weighted by atomic mass is 19.4. The van der Waals surface area contributed by atoms with E-state index in [9.17, 15) is 18.0 Å². The predicted octanol–water partition coefficient (Wildman–Crippen LogP) is 1.94. The Hall–Kier alpha value is -0.940. The van der Waals surface area contributed by atoms with Gasteiger partial charge < -0.3 is 5.11 Å². The van der Waals surface area contributed by atoms with Crippen LogP contribution in [0.15, 0.2) is 0 Å². The molecule has 0 aliphatic carbocycles. The van der Waals surface area contributed by atoms with Crippen molar-refractivity contribution in [1.29, 1.82) is 0 Å². The molecule has 1 amide bonds. The minimum Gasteiger partial charge on any atom is -0.465 e. The first-order chi connectivity index (χ1) is 5.24. The molecule has 0 aliphatic rings. The Morgan fingerprint density at radius 1 is 1.50 bits per heavy atom. The van der Waals surface area contributed by atoms with Crippen molar-refractivity contribution >= 4 is 6.09 Å². The normalized spacial score (nSPS) is 11.8. The molecule has 0 aromatic rings. The van der Waals surface area contributed by atoms with Gasteiger partial charge in [0.25, 0.3) is 0 Å². The van der Waals surface area contributed by atoms with Crippen LogP contribution in [0.25, 0.3) is 0 Å². The topological polar surface area (TPSA) is 40.5 Å². The third-order valence-electron chi connectivity index (χ3n) is 1.22. The second-order valence-corrected chi connectivity index (χ2v) is 2.62. The summed E-state index contributed by atoms with van der Waals surface area (Å²) < 4.78 is 35.2. The van der Waals surface area contributed by atoms with E-state index in [1.807, 2.05) is 0 Å². The van der Waals surface area contributed by atoms with Crippen molar-refractivity contribution in [2.75, 3.05) is 6.54 Å². The predicted molar refractivity (Wildman–Crippen MR) is 35.9 cm³/mol. The first-order valence-corrected chi connectivity index (χ1v) is 3.30. The molecular weight excluding hydrogens is 175 g/mol. The van der Waals surface area contributed by atoms with Gasteiger partial charge in [0.15, 0.2) is 0 Å². The van der Waals surface area contributed by atoms with Crippen molar-refractivity contribution < 1.29 is 23.1 Å². The second-order valence-electron chi connectivity index (χ2n) is 2.62. The number of carbonyl (C=O) groups is 1. The molecule has 3 nitrogen and oxygen atoms in total. The number of halogens is 3. The van der Waals surface area contributed by atoms with Gasteiger partial charge in [-0.2, -0.15) is 13.2 Å². The average molecular weight is 185 g/mol. The van der Waals surface area contributed by atoms with E-state index in [-0.39, 0.29) is 0 Å². The lowest BCUT2D eigenvalue weighted by Gasteiger charge is -2.24. The zero-order chi connectivity index (χ0) is 9.94. The number of nitrogens with zero attached hydrogens (tertiary/aromatic N) is 1. The molecule has 0 aromatic carbocycles. The highest BCUT2D eigenvalue weighted by Gasteiger charge is 2.34. The van der Waals surface area contributed by atoms with Crippen molar-refractivity contribution in [2.45, 2.75) is 26.1 Å². The molecule has 0 fully saturated rings. The van der Waals surface area contributed by atoms with Crippen LogP contribution in [0.2, 0.25) is 0 Å². The lowest BCUT2D eigenvalue weighted by Crippen LogP contribution is -2.42. The molecule has 0 unspecified atom stereocenters. The Balaban J connectivity index is 4.25. The molecule has 0 aliphatic heterocycles. The Morgan fingerprint density at radius 3 is 2.00 bits per heavy atom. The summed E-state index contributed by atoms with van der Waals surface area (Å²) in [7, 11) is 0. The van der Waals surface area contributed by atoms with E-state index in [0.717, 1.165) is 0 Å². The average Bonchev–Trinajstić information content (AvgIpc) is 1.79. The number of carboxylic acid groups (broad SMARTS) is 1. The van der Waals surface area contributed by atoms with Gasteiger partial charge in [0, 0.05) is 6.04 Å². The molecule has 0 saturated heterocycles. The third-order valence-corrected chi connectivity index (χ3v) is 1.22. The molecule has 12 heavy (non-hydrogen) atoms. The molecule has 0 rings (SSSR count). The first-order valence-electron chi connectivity index (χ1n) is 3.30. The maximum Gasteiger partial charge on any atom is 0.407 e. The van der Waals surface area contributed by atoms with Crippen LogP contribution in [0.5, 0.6) is 0 Å². The quantitative estimate of drug-likeness (QED) is 0.714. The summed E-state index contributed by atoms with van der Waals surface area (Å²) in [5.74, 6) is 0. The number of amides is 1. The Morgan fingerprint density at radius 2 is 1.92 bits per heavy atom. The van der Waals surface area contributed by atoms with Crippen LogP contribution in [-0.4, -0.2) is 34.9 Å². The Kier molecular flexibility index (Phi) is 3.36. The van der Waals surface area contributed by atoms with E-state index in [1.165, 1.54) is 13.8 Å². The summed E-state index contributed by atoms with van der Waals surface area (Å²) in [6.07, 6.45) is -6.02. The van der Waals surface area contributed by atoms with Gasteiger partial charge in [-0.1, -0.05) is 0 Å². The summed E-state index contributed by atoms with van der Waals surface area (Å²) in [6, 6.07) is -0.663. The molecule has 1 N–H and O–H groups in total. The van der Waals surface area contributed by atoms with Crippen molar-refractivity contribution in [3.63, 3.8) is 0 Å². The SMILES string of the molecule is CC(C)N(CC(F)(F)F)C(=O)O. The zero-order valence-electron chi connectivity index (χ0n) is 6.72. The van der Waals surface area contributed by atoms with E-state index < -0.39 is 24.9 Å². The Bertz CT molecular complexity index is 167. The monoisotopic (exact) mass is 185 g/mol. The van der Waals surface area contributed by atoms with Crippen molar-refractivity contribution in [1.82, 2.24) is 4.90 Å². The van der Waals surface area contributed by atoms with Gasteiger partial charge in [0.1, 0.15) is 6.54 Å². The van der Waals surface area contributed by atoms with Gasteiger partial charge in [-0.3, -0.25) is 4.90 Å². The fraction of sp³-hybridized carbons (Fsp3) is 0.833. The van der Waals surface area contributed by atoms with Gasteiger partial charge in [0.05, 0.1) is 0 Å². The third kappa shape index (κ3) is 4.05. The van der Waals surface area contributed by atoms with Gasteiger partial charge >= 0.3 is 12.3 Å². The fourth-order valence-corrected chi connectivity index (χ4v) is 0.664. The fourth-order valence-electron chi connectivity index (χ4n) is 0.664. The number of alkyl halides is 3. The second kappa shape index (κ2) is 3.64. The lowest BCUT2D eigenvalue weighted by atomic mass is 10.3. The summed E-state index contributed by atoms with van der Waals surface area (Å²) in [5, 5.41) is 8.33. The number of hydrogen-bond donors (Lipinski definition) is 1. The molecule has 6 heteroatoms. The molecule has 0 radical (unpaired) electrons. The minimum atomic E-state index is -4.47. The summed E-state index contributed by atoms with van der Waals surface area (Å²) in [6.45, 7) is 1.36.